The number of benzene rings is 3. The molecule has 3 aromatic carbocycles. The maximum absolute atomic E-state index is 11.8. The Bertz CT molecular complexity index is 1720. The Morgan fingerprint density at radius 2 is 1.85 bits per heavy atom. The van der Waals surface area contributed by atoms with Crippen LogP contribution in [0.25, 0.3) is 11.1 Å². The zero-order valence-corrected chi connectivity index (χ0v) is 26.6. The first-order valence-corrected chi connectivity index (χ1v) is 15.5. The summed E-state index contributed by atoms with van der Waals surface area (Å²) in [5.74, 6) is 2.11. The number of methoxy groups -OCH3 is 1. The molecule has 1 fully saturated rings. The van der Waals surface area contributed by atoms with Crippen LogP contribution in [0.4, 0.5) is 0 Å². The number of aliphatic hydroxyl groups excluding tert-OH is 1. The van der Waals surface area contributed by atoms with E-state index >= 15 is 0 Å². The number of likely N-dealkylation sites (tertiary alicyclic amines) is 1. The molecule has 0 unspecified atom stereocenters. The SMILES string of the molecule is COc1c(COc2cc(OCc3cncc(C#N)c3)c(C=O)cc2Cl)cccc1-c1cccc(OCCCN2CC[C@@H](O)C2)c1C. The summed E-state index contributed by atoms with van der Waals surface area (Å²) >= 11 is 6.49. The highest BCUT2D eigenvalue weighted by Gasteiger charge is 2.20. The highest BCUT2D eigenvalue weighted by atomic mass is 35.5. The Balaban J connectivity index is 1.29. The lowest BCUT2D eigenvalue weighted by molar-refractivity contribution is 0.111. The molecule has 0 aliphatic carbocycles. The van der Waals surface area contributed by atoms with E-state index < -0.39 is 0 Å². The molecular weight excluding hydrogens is 606 g/mol. The van der Waals surface area contributed by atoms with E-state index in [1.54, 1.807) is 25.4 Å². The third-order valence-corrected chi connectivity index (χ3v) is 8.19. The van der Waals surface area contributed by atoms with Gasteiger partial charge in [-0.3, -0.25) is 9.78 Å². The molecule has 1 aromatic heterocycles. The molecule has 0 radical (unpaired) electrons. The van der Waals surface area contributed by atoms with E-state index in [4.69, 9.17) is 35.8 Å². The number of ether oxygens (including phenoxy) is 4. The van der Waals surface area contributed by atoms with Gasteiger partial charge in [0.05, 0.1) is 36.0 Å². The van der Waals surface area contributed by atoms with Gasteiger partial charge >= 0.3 is 0 Å². The summed E-state index contributed by atoms with van der Waals surface area (Å²) in [5, 5.41) is 19.2. The van der Waals surface area contributed by atoms with Gasteiger partial charge in [0.25, 0.3) is 0 Å². The van der Waals surface area contributed by atoms with Gasteiger partial charge in [0.2, 0.25) is 0 Å². The molecule has 5 rings (SSSR count). The largest absolute Gasteiger partial charge is 0.496 e. The first-order chi connectivity index (χ1) is 22.4. The summed E-state index contributed by atoms with van der Waals surface area (Å²) in [6.07, 6.45) is 5.23. The number of rotatable bonds is 14. The molecule has 1 aliphatic rings. The molecule has 1 N–H and O–H groups in total. The van der Waals surface area contributed by atoms with E-state index in [1.807, 2.05) is 43.3 Å². The first-order valence-electron chi connectivity index (χ1n) is 15.1. The third-order valence-electron chi connectivity index (χ3n) is 7.89. The van der Waals surface area contributed by atoms with Gasteiger partial charge in [0, 0.05) is 54.8 Å². The van der Waals surface area contributed by atoms with Gasteiger partial charge in [-0.05, 0) is 49.1 Å². The molecule has 238 valence electrons. The third kappa shape index (κ3) is 7.96. The van der Waals surface area contributed by atoms with Crippen LogP contribution in [0, 0.1) is 18.3 Å². The minimum Gasteiger partial charge on any atom is -0.496 e. The monoisotopic (exact) mass is 641 g/mol. The van der Waals surface area contributed by atoms with E-state index in [9.17, 15) is 9.90 Å². The summed E-state index contributed by atoms with van der Waals surface area (Å²) in [6.45, 7) is 5.42. The van der Waals surface area contributed by atoms with Crippen molar-refractivity contribution >= 4 is 17.9 Å². The number of aldehydes is 1. The molecule has 9 nitrogen and oxygen atoms in total. The van der Waals surface area contributed by atoms with Gasteiger partial charge in [-0.2, -0.15) is 5.26 Å². The summed E-state index contributed by atoms with van der Waals surface area (Å²) < 4.78 is 24.1. The number of nitrogens with zero attached hydrogens (tertiary/aromatic N) is 3. The van der Waals surface area contributed by atoms with Crippen LogP contribution < -0.4 is 18.9 Å². The van der Waals surface area contributed by atoms with Crippen molar-refractivity contribution in [1.29, 1.82) is 5.26 Å². The average molecular weight is 642 g/mol. The predicted octanol–water partition coefficient (Wildman–Crippen LogP) is 6.40. The number of carbonyl (C=O) groups is 1. The lowest BCUT2D eigenvalue weighted by Gasteiger charge is -2.19. The number of hydrogen-bond acceptors (Lipinski definition) is 9. The number of pyridine rings is 1. The minimum absolute atomic E-state index is 0.102. The second-order valence-electron chi connectivity index (χ2n) is 11.1. The van der Waals surface area contributed by atoms with Crippen LogP contribution in [-0.4, -0.2) is 60.7 Å². The smallest absolute Gasteiger partial charge is 0.153 e. The number of nitriles is 1. The molecule has 0 amide bonds. The van der Waals surface area contributed by atoms with Gasteiger partial charge in [-0.15, -0.1) is 0 Å². The quantitative estimate of drug-likeness (QED) is 0.123. The Morgan fingerprint density at radius 3 is 2.61 bits per heavy atom. The first kappa shape index (κ1) is 32.8. The molecule has 0 saturated carbocycles. The van der Waals surface area contributed by atoms with E-state index in [0.717, 1.165) is 60.5 Å². The fourth-order valence-corrected chi connectivity index (χ4v) is 5.75. The number of carbonyl (C=O) groups excluding carboxylic acids is 1. The molecule has 1 saturated heterocycles. The molecular formula is C36H36ClN3O6. The topological polar surface area (TPSA) is 114 Å². The van der Waals surface area contributed by atoms with Gasteiger partial charge in [-0.25, -0.2) is 0 Å². The summed E-state index contributed by atoms with van der Waals surface area (Å²) in [5.41, 5.74) is 5.06. The van der Waals surface area contributed by atoms with Crippen LogP contribution in [-0.2, 0) is 13.2 Å². The fourth-order valence-electron chi connectivity index (χ4n) is 5.52. The van der Waals surface area contributed by atoms with Crippen LogP contribution in [0.2, 0.25) is 5.02 Å². The molecule has 2 heterocycles. The molecule has 0 bridgehead atoms. The van der Waals surface area contributed by atoms with Crippen LogP contribution in [0.5, 0.6) is 23.0 Å². The summed E-state index contributed by atoms with van der Waals surface area (Å²) in [7, 11) is 1.63. The lowest BCUT2D eigenvalue weighted by Crippen LogP contribution is -2.24. The summed E-state index contributed by atoms with van der Waals surface area (Å²) in [6, 6.07) is 18.7. The maximum Gasteiger partial charge on any atom is 0.153 e. The molecule has 10 heteroatoms. The number of para-hydroxylation sites is 1. The molecule has 46 heavy (non-hydrogen) atoms. The number of aliphatic hydroxyl groups is 1. The fraction of sp³-hybridized carbons (Fsp3) is 0.306. The predicted molar refractivity (Wildman–Crippen MR) is 175 cm³/mol. The van der Waals surface area contributed by atoms with Gasteiger partial charge < -0.3 is 29.0 Å². The van der Waals surface area contributed by atoms with Crippen molar-refractivity contribution < 1.29 is 28.8 Å². The Morgan fingerprint density at radius 1 is 1.04 bits per heavy atom. The van der Waals surface area contributed by atoms with E-state index in [0.29, 0.717) is 41.3 Å². The minimum atomic E-state index is -0.217. The van der Waals surface area contributed by atoms with Gasteiger partial charge in [0.15, 0.2) is 6.29 Å². The van der Waals surface area contributed by atoms with E-state index in [1.165, 1.54) is 12.3 Å². The zero-order valence-electron chi connectivity index (χ0n) is 25.9. The number of β-amino-alcohol motifs (C(OH)–C–C–N with tert-alkyl or cyclic N) is 1. The highest BCUT2D eigenvalue weighted by molar-refractivity contribution is 6.32. The van der Waals surface area contributed by atoms with Crippen molar-refractivity contribution in [3.05, 3.63) is 99.8 Å². The molecule has 0 spiro atoms. The van der Waals surface area contributed by atoms with Crippen molar-refractivity contribution in [3.8, 4) is 40.2 Å². The number of hydrogen-bond donors (Lipinski definition) is 1. The van der Waals surface area contributed by atoms with Gasteiger partial charge in [0.1, 0.15) is 42.3 Å². The van der Waals surface area contributed by atoms with Crippen LogP contribution >= 0.6 is 11.6 Å². The maximum atomic E-state index is 11.8. The van der Waals surface area contributed by atoms with Crippen LogP contribution in [0.1, 0.15) is 45.5 Å². The standard InChI is InChI=1S/C36H36ClN3O6/c1-24-30(7-4-9-33(24)44-13-5-11-40-12-10-29(42)20-40)31-8-3-6-27(36(31)43-2)23-46-35-16-34(28(21-41)15-32(35)37)45-22-26-14-25(17-38)18-39-19-26/h3-4,6-9,14-16,18-19,21,29,42H,5,10-13,20,22-23H2,1-2H3/t29-/m1/s1. The molecule has 1 aliphatic heterocycles. The normalized spacial score (nSPS) is 14.5. The highest BCUT2D eigenvalue weighted by Crippen LogP contribution is 2.39. The zero-order chi connectivity index (χ0) is 32.5. The van der Waals surface area contributed by atoms with Crippen LogP contribution in [0.15, 0.2) is 67.0 Å². The van der Waals surface area contributed by atoms with Crippen molar-refractivity contribution in [2.24, 2.45) is 0 Å². The Labute approximate surface area is 273 Å². The lowest BCUT2D eigenvalue weighted by atomic mass is 9.97. The van der Waals surface area contributed by atoms with Gasteiger partial charge in [-0.1, -0.05) is 41.9 Å². The second-order valence-corrected chi connectivity index (χ2v) is 11.5. The van der Waals surface area contributed by atoms with Crippen LogP contribution in [0.3, 0.4) is 0 Å². The van der Waals surface area contributed by atoms with E-state index in [2.05, 4.69) is 16.0 Å². The van der Waals surface area contributed by atoms with Crippen molar-refractivity contribution in [3.63, 3.8) is 0 Å². The number of aromatic nitrogens is 1. The second kappa shape index (κ2) is 15.6. The summed E-state index contributed by atoms with van der Waals surface area (Å²) in [4.78, 5) is 18.1. The molecule has 4 aromatic rings. The Kier molecular flexibility index (Phi) is 11.1. The Hall–Kier alpha value is -4.62. The molecule has 1 atom stereocenters. The average Bonchev–Trinajstić information content (AvgIpc) is 3.50. The van der Waals surface area contributed by atoms with Crippen molar-refractivity contribution in [2.75, 3.05) is 33.4 Å². The number of halogens is 1. The van der Waals surface area contributed by atoms with Crippen molar-refractivity contribution in [1.82, 2.24) is 9.88 Å². The van der Waals surface area contributed by atoms with Crippen molar-refractivity contribution in [2.45, 2.75) is 39.1 Å². The van der Waals surface area contributed by atoms with E-state index in [-0.39, 0.29) is 29.9 Å².